The molecule has 3 N–H and O–H groups in total. The minimum atomic E-state index is -0.356. The van der Waals surface area contributed by atoms with Crippen molar-refractivity contribution in [2.75, 3.05) is 28.8 Å². The average Bonchev–Trinajstić information content (AvgIpc) is 3.22. The molecular formula is C23H19ClN4O3S2. The zero-order valence-corrected chi connectivity index (χ0v) is 19.8. The fraction of sp³-hybridized carbons (Fsp3) is 0.0870. The number of anilines is 3. The number of amides is 3. The van der Waals surface area contributed by atoms with Gasteiger partial charge in [0.15, 0.2) is 4.34 Å². The SMILES string of the molecule is COc1ccc(NC(=O)CSc2nc3ccc(NC(=O)Nc4ccc(Cl)cc4)cc3s2)cc1. The van der Waals surface area contributed by atoms with Gasteiger partial charge in [0.2, 0.25) is 5.91 Å². The van der Waals surface area contributed by atoms with Gasteiger partial charge in [-0.3, -0.25) is 4.79 Å². The predicted molar refractivity (Wildman–Crippen MR) is 136 cm³/mol. The van der Waals surface area contributed by atoms with E-state index in [0.717, 1.165) is 20.3 Å². The number of benzene rings is 3. The Morgan fingerprint density at radius 3 is 2.30 bits per heavy atom. The van der Waals surface area contributed by atoms with Crippen LogP contribution >= 0.6 is 34.7 Å². The molecule has 0 unspecified atom stereocenters. The van der Waals surface area contributed by atoms with Gasteiger partial charge in [-0.2, -0.15) is 0 Å². The molecule has 33 heavy (non-hydrogen) atoms. The highest BCUT2D eigenvalue weighted by Crippen LogP contribution is 2.31. The molecule has 0 aliphatic carbocycles. The number of rotatable bonds is 7. The summed E-state index contributed by atoms with van der Waals surface area (Å²) in [6.07, 6.45) is 0. The Kier molecular flexibility index (Phi) is 7.33. The second-order valence-electron chi connectivity index (χ2n) is 6.81. The number of halogens is 1. The van der Waals surface area contributed by atoms with Crippen molar-refractivity contribution < 1.29 is 14.3 Å². The molecule has 0 saturated carbocycles. The van der Waals surface area contributed by atoms with Crippen molar-refractivity contribution in [2.45, 2.75) is 4.34 Å². The minimum Gasteiger partial charge on any atom is -0.497 e. The maximum Gasteiger partial charge on any atom is 0.323 e. The molecule has 0 radical (unpaired) electrons. The lowest BCUT2D eigenvalue weighted by atomic mass is 10.3. The normalized spacial score (nSPS) is 10.6. The predicted octanol–water partition coefficient (Wildman–Crippen LogP) is 6.33. The van der Waals surface area contributed by atoms with Gasteiger partial charge in [0, 0.05) is 22.1 Å². The topological polar surface area (TPSA) is 92.3 Å². The molecule has 0 bridgehead atoms. The molecule has 4 aromatic rings. The molecule has 0 saturated heterocycles. The van der Waals surface area contributed by atoms with Gasteiger partial charge in [0.05, 0.1) is 23.1 Å². The Morgan fingerprint density at radius 1 is 0.939 bits per heavy atom. The lowest BCUT2D eigenvalue weighted by molar-refractivity contribution is -0.113. The Morgan fingerprint density at radius 2 is 1.58 bits per heavy atom. The number of nitrogens with one attached hydrogen (secondary N) is 3. The largest absolute Gasteiger partial charge is 0.497 e. The van der Waals surface area contributed by atoms with Crippen molar-refractivity contribution >= 4 is 73.9 Å². The van der Waals surface area contributed by atoms with Crippen LogP contribution in [0, 0.1) is 0 Å². The Bertz CT molecular complexity index is 1280. The number of methoxy groups -OCH3 is 1. The van der Waals surface area contributed by atoms with Gasteiger partial charge in [0.25, 0.3) is 0 Å². The Labute approximate surface area is 203 Å². The molecule has 0 atom stereocenters. The molecule has 0 fully saturated rings. The van der Waals surface area contributed by atoms with E-state index in [-0.39, 0.29) is 17.7 Å². The summed E-state index contributed by atoms with van der Waals surface area (Å²) in [4.78, 5) is 29.1. The summed E-state index contributed by atoms with van der Waals surface area (Å²) in [7, 11) is 1.59. The molecular weight excluding hydrogens is 480 g/mol. The van der Waals surface area contributed by atoms with E-state index in [9.17, 15) is 9.59 Å². The molecule has 1 heterocycles. The van der Waals surface area contributed by atoms with Crippen LogP contribution in [0.25, 0.3) is 10.2 Å². The molecule has 3 amide bonds. The van der Waals surface area contributed by atoms with Gasteiger partial charge in [-0.15, -0.1) is 11.3 Å². The third-order valence-corrected chi connectivity index (χ3v) is 6.84. The first-order chi connectivity index (χ1) is 16.0. The molecule has 3 aromatic carbocycles. The number of urea groups is 1. The number of fused-ring (bicyclic) bond motifs is 1. The monoisotopic (exact) mass is 498 g/mol. The van der Waals surface area contributed by atoms with Crippen molar-refractivity contribution in [3.05, 3.63) is 71.8 Å². The maximum absolute atomic E-state index is 12.3. The fourth-order valence-corrected chi connectivity index (χ4v) is 4.90. The van der Waals surface area contributed by atoms with Crippen LogP contribution in [-0.4, -0.2) is 29.8 Å². The van der Waals surface area contributed by atoms with Crippen LogP contribution in [0.1, 0.15) is 0 Å². The van der Waals surface area contributed by atoms with Crippen LogP contribution in [0.2, 0.25) is 5.02 Å². The molecule has 1 aromatic heterocycles. The van der Waals surface area contributed by atoms with E-state index in [1.54, 1.807) is 61.7 Å². The number of carbonyl (C=O) groups excluding carboxylic acids is 2. The number of hydrogen-bond acceptors (Lipinski definition) is 6. The zero-order valence-electron chi connectivity index (χ0n) is 17.4. The number of nitrogens with zero attached hydrogens (tertiary/aromatic N) is 1. The van der Waals surface area contributed by atoms with E-state index < -0.39 is 0 Å². The first-order valence-electron chi connectivity index (χ1n) is 9.79. The average molecular weight is 499 g/mol. The molecule has 0 spiro atoms. The first kappa shape index (κ1) is 22.9. The van der Waals surface area contributed by atoms with Gasteiger partial charge in [-0.1, -0.05) is 23.4 Å². The van der Waals surface area contributed by atoms with E-state index in [2.05, 4.69) is 20.9 Å². The van der Waals surface area contributed by atoms with Crippen LogP contribution in [-0.2, 0) is 4.79 Å². The maximum atomic E-state index is 12.3. The molecule has 0 aliphatic heterocycles. The van der Waals surface area contributed by atoms with Crippen molar-refractivity contribution in [3.63, 3.8) is 0 Å². The van der Waals surface area contributed by atoms with Crippen LogP contribution in [0.15, 0.2) is 71.1 Å². The lowest BCUT2D eigenvalue weighted by Gasteiger charge is -2.07. The smallest absolute Gasteiger partial charge is 0.323 e. The number of thiazole rings is 1. The standard InChI is InChI=1S/C23H19ClN4O3S2/c1-31-18-9-6-15(7-10-18)25-21(29)13-32-23-28-19-11-8-17(12-20(19)33-23)27-22(30)26-16-4-2-14(24)3-5-16/h2-12H,13H2,1H3,(H,25,29)(H2,26,27,30). The van der Waals surface area contributed by atoms with Crippen molar-refractivity contribution in [2.24, 2.45) is 0 Å². The highest BCUT2D eigenvalue weighted by Gasteiger charge is 2.10. The highest BCUT2D eigenvalue weighted by molar-refractivity contribution is 8.01. The summed E-state index contributed by atoms with van der Waals surface area (Å²) in [6.45, 7) is 0. The summed E-state index contributed by atoms with van der Waals surface area (Å²) in [5, 5.41) is 9.01. The highest BCUT2D eigenvalue weighted by atomic mass is 35.5. The zero-order chi connectivity index (χ0) is 23.2. The van der Waals surface area contributed by atoms with E-state index in [4.69, 9.17) is 16.3 Å². The van der Waals surface area contributed by atoms with Gasteiger partial charge < -0.3 is 20.7 Å². The second kappa shape index (κ2) is 10.6. The quantitative estimate of drug-likeness (QED) is 0.259. The summed E-state index contributed by atoms with van der Waals surface area (Å²) >= 11 is 8.69. The molecule has 10 heteroatoms. The van der Waals surface area contributed by atoms with Gasteiger partial charge >= 0.3 is 6.03 Å². The number of hydrogen-bond donors (Lipinski definition) is 3. The van der Waals surface area contributed by atoms with E-state index >= 15 is 0 Å². The first-order valence-corrected chi connectivity index (χ1v) is 12.0. The summed E-state index contributed by atoms with van der Waals surface area (Å²) in [6, 6.07) is 19.1. The van der Waals surface area contributed by atoms with Crippen LogP contribution in [0.3, 0.4) is 0 Å². The number of ether oxygens (including phenoxy) is 1. The molecule has 168 valence electrons. The van der Waals surface area contributed by atoms with Crippen molar-refractivity contribution in [1.82, 2.24) is 4.98 Å². The van der Waals surface area contributed by atoms with Gasteiger partial charge in [-0.25, -0.2) is 9.78 Å². The molecule has 4 rings (SSSR count). The number of carbonyl (C=O) groups is 2. The third kappa shape index (κ3) is 6.38. The van der Waals surface area contributed by atoms with Crippen molar-refractivity contribution in [3.8, 4) is 5.75 Å². The Hall–Kier alpha value is -3.27. The number of thioether (sulfide) groups is 1. The summed E-state index contributed by atoms with van der Waals surface area (Å²) < 4.78 is 6.80. The van der Waals surface area contributed by atoms with Crippen LogP contribution in [0.4, 0.5) is 21.9 Å². The fourth-order valence-electron chi connectivity index (χ4n) is 2.87. The Balaban J connectivity index is 1.32. The summed E-state index contributed by atoms with van der Waals surface area (Å²) in [5.41, 5.74) is 2.80. The lowest BCUT2D eigenvalue weighted by Crippen LogP contribution is -2.19. The number of aromatic nitrogens is 1. The van der Waals surface area contributed by atoms with Gasteiger partial charge in [0.1, 0.15) is 5.75 Å². The van der Waals surface area contributed by atoms with Gasteiger partial charge in [-0.05, 0) is 66.7 Å². The summed E-state index contributed by atoms with van der Waals surface area (Å²) in [5.74, 6) is 0.847. The second-order valence-corrected chi connectivity index (χ2v) is 9.50. The molecule has 0 aliphatic rings. The third-order valence-electron chi connectivity index (χ3n) is 4.43. The van der Waals surface area contributed by atoms with E-state index in [1.807, 2.05) is 12.1 Å². The van der Waals surface area contributed by atoms with Crippen LogP contribution < -0.4 is 20.7 Å². The van der Waals surface area contributed by atoms with Crippen LogP contribution in [0.5, 0.6) is 5.75 Å². The molecule has 7 nitrogen and oxygen atoms in total. The minimum absolute atomic E-state index is 0.120. The van der Waals surface area contributed by atoms with E-state index in [0.29, 0.717) is 22.1 Å². The van der Waals surface area contributed by atoms with E-state index in [1.165, 1.54) is 23.1 Å². The van der Waals surface area contributed by atoms with Crippen molar-refractivity contribution in [1.29, 1.82) is 0 Å².